The highest BCUT2D eigenvalue weighted by atomic mass is 32.2. The molecule has 1 fully saturated rings. The molecule has 0 bridgehead atoms. The van der Waals surface area contributed by atoms with Gasteiger partial charge in [0.2, 0.25) is 0 Å². The number of carbonyl (C=O) groups is 1. The van der Waals surface area contributed by atoms with E-state index in [4.69, 9.17) is 4.74 Å². The van der Waals surface area contributed by atoms with Gasteiger partial charge in [-0.3, -0.25) is 4.79 Å². The second-order valence-electron chi connectivity index (χ2n) is 10.7. The summed E-state index contributed by atoms with van der Waals surface area (Å²) in [5.41, 5.74) is 0.0897. The van der Waals surface area contributed by atoms with E-state index in [-0.39, 0.29) is 34.9 Å². The number of ether oxygens (including phenoxy) is 2. The molecule has 0 aromatic heterocycles. The van der Waals surface area contributed by atoms with Crippen LogP contribution in [0, 0.1) is 0 Å². The Morgan fingerprint density at radius 2 is 1.60 bits per heavy atom. The first-order valence-electron chi connectivity index (χ1n) is 14.3. The standard InChI is InChI=1S/C31H31F7N2O6S/c1-2-47(43,44)26-13-5-19(6-14-26)27(17-41)39-28(42)20-3-9-22(10-4-20)40-16-25(15-23(40)18-45-31(37,38)29(32)33)46-24-11-7-21(8-12-24)30(34,35)36/h3-14,23,25,27,29,41H,2,15-18H2,1H3,(H,39,42)/t23-,25?,27-/m0/s1. The highest BCUT2D eigenvalue weighted by Gasteiger charge is 2.44. The minimum Gasteiger partial charge on any atom is -0.489 e. The van der Waals surface area contributed by atoms with Crippen molar-refractivity contribution < 1.29 is 58.5 Å². The quantitative estimate of drug-likeness (QED) is 0.216. The van der Waals surface area contributed by atoms with Gasteiger partial charge in [0, 0.05) is 17.7 Å². The van der Waals surface area contributed by atoms with E-state index in [9.17, 15) is 49.1 Å². The first-order chi connectivity index (χ1) is 22.0. The zero-order valence-electron chi connectivity index (χ0n) is 24.8. The van der Waals surface area contributed by atoms with Crippen molar-refractivity contribution in [2.24, 2.45) is 0 Å². The molecule has 47 heavy (non-hydrogen) atoms. The van der Waals surface area contributed by atoms with Gasteiger partial charge >= 0.3 is 18.7 Å². The summed E-state index contributed by atoms with van der Waals surface area (Å²) in [6.45, 7) is 0.202. The molecular weight excluding hydrogens is 661 g/mol. The van der Waals surface area contributed by atoms with Crippen molar-refractivity contribution >= 4 is 21.4 Å². The third-order valence-corrected chi connectivity index (χ3v) is 9.30. The summed E-state index contributed by atoms with van der Waals surface area (Å²) in [5, 5.41) is 12.5. The van der Waals surface area contributed by atoms with Crippen LogP contribution in [0.3, 0.4) is 0 Å². The van der Waals surface area contributed by atoms with Gasteiger partial charge in [0.05, 0.1) is 48.1 Å². The van der Waals surface area contributed by atoms with Crippen molar-refractivity contribution in [1.29, 1.82) is 0 Å². The molecule has 16 heteroatoms. The topological polar surface area (TPSA) is 105 Å². The monoisotopic (exact) mass is 692 g/mol. The molecule has 1 unspecified atom stereocenters. The number of anilines is 1. The molecule has 0 radical (unpaired) electrons. The number of carbonyl (C=O) groups excluding carboxylic acids is 1. The minimum absolute atomic E-state index is 0.000888. The first kappa shape index (κ1) is 36.0. The van der Waals surface area contributed by atoms with Crippen molar-refractivity contribution in [2.75, 3.05) is 30.4 Å². The van der Waals surface area contributed by atoms with Gasteiger partial charge in [-0.25, -0.2) is 17.2 Å². The second-order valence-corrected chi connectivity index (χ2v) is 13.0. The Kier molecular flexibility index (Phi) is 11.1. The van der Waals surface area contributed by atoms with Gasteiger partial charge in [-0.2, -0.15) is 22.0 Å². The van der Waals surface area contributed by atoms with Crippen LogP contribution in [0.2, 0.25) is 0 Å². The molecule has 1 saturated heterocycles. The number of nitrogens with one attached hydrogen (secondary N) is 1. The Morgan fingerprint density at radius 3 is 2.13 bits per heavy atom. The summed E-state index contributed by atoms with van der Waals surface area (Å²) < 4.78 is 126. The van der Waals surface area contributed by atoms with Crippen molar-refractivity contribution in [3.05, 3.63) is 89.5 Å². The van der Waals surface area contributed by atoms with Gasteiger partial charge < -0.3 is 24.8 Å². The Balaban J connectivity index is 1.48. The molecular formula is C31H31F7N2O6S. The molecule has 256 valence electrons. The number of nitrogens with zero attached hydrogens (tertiary/aromatic N) is 1. The van der Waals surface area contributed by atoms with E-state index in [0.717, 1.165) is 24.3 Å². The van der Waals surface area contributed by atoms with E-state index in [2.05, 4.69) is 10.1 Å². The zero-order chi connectivity index (χ0) is 34.6. The molecule has 1 heterocycles. The fourth-order valence-electron chi connectivity index (χ4n) is 4.97. The summed E-state index contributed by atoms with van der Waals surface area (Å²) >= 11 is 0. The maximum atomic E-state index is 13.6. The molecule has 2 N–H and O–H groups in total. The molecule has 1 amide bonds. The molecule has 3 aromatic carbocycles. The predicted molar refractivity (Wildman–Crippen MR) is 156 cm³/mol. The number of amides is 1. The number of hydrogen-bond acceptors (Lipinski definition) is 7. The zero-order valence-corrected chi connectivity index (χ0v) is 25.6. The third kappa shape index (κ3) is 8.93. The second kappa shape index (κ2) is 14.5. The Hall–Kier alpha value is -3.89. The van der Waals surface area contributed by atoms with Gasteiger partial charge in [-0.1, -0.05) is 19.1 Å². The number of rotatable bonds is 13. The molecule has 0 spiro atoms. The van der Waals surface area contributed by atoms with Crippen LogP contribution in [-0.2, 0) is 20.8 Å². The minimum atomic E-state index is -4.71. The summed E-state index contributed by atoms with van der Waals surface area (Å²) in [6, 6.07) is 13.6. The Morgan fingerprint density at radius 1 is 0.979 bits per heavy atom. The SMILES string of the molecule is CCS(=O)(=O)c1ccc([C@H](CO)NC(=O)c2ccc(N3CC(Oc4ccc(C(F)(F)F)cc4)C[C@H]3COC(F)(F)C(F)F)cc2)cc1. The number of benzene rings is 3. The smallest absolute Gasteiger partial charge is 0.416 e. The van der Waals surface area contributed by atoms with E-state index in [1.54, 1.807) is 4.90 Å². The van der Waals surface area contributed by atoms with Crippen LogP contribution in [0.5, 0.6) is 5.75 Å². The molecule has 1 aliphatic rings. The molecule has 4 rings (SSSR count). The van der Waals surface area contributed by atoms with Gasteiger partial charge in [0.1, 0.15) is 11.9 Å². The van der Waals surface area contributed by atoms with E-state index in [1.807, 2.05) is 0 Å². The van der Waals surface area contributed by atoms with Crippen molar-refractivity contribution in [3.8, 4) is 5.75 Å². The number of sulfone groups is 1. The third-order valence-electron chi connectivity index (χ3n) is 7.55. The molecule has 0 aliphatic carbocycles. The maximum Gasteiger partial charge on any atom is 0.416 e. The highest BCUT2D eigenvalue weighted by molar-refractivity contribution is 7.91. The van der Waals surface area contributed by atoms with Crippen molar-refractivity contribution in [1.82, 2.24) is 5.32 Å². The fourth-order valence-corrected chi connectivity index (χ4v) is 5.86. The highest BCUT2D eigenvalue weighted by Crippen LogP contribution is 2.34. The van der Waals surface area contributed by atoms with Gasteiger partial charge in [-0.05, 0) is 66.2 Å². The van der Waals surface area contributed by atoms with Crippen LogP contribution in [0.4, 0.5) is 36.4 Å². The summed E-state index contributed by atoms with van der Waals surface area (Å²) in [6.07, 6.45) is -14.1. The van der Waals surface area contributed by atoms with Crippen molar-refractivity contribution in [2.45, 2.75) is 55.1 Å². The number of aliphatic hydroxyl groups is 1. The Labute approximate surface area is 266 Å². The van der Waals surface area contributed by atoms with E-state index < -0.39 is 71.4 Å². The van der Waals surface area contributed by atoms with Crippen LogP contribution < -0.4 is 15.0 Å². The molecule has 3 aromatic rings. The number of aliphatic hydroxyl groups excluding tert-OH is 1. The molecule has 8 nitrogen and oxygen atoms in total. The lowest BCUT2D eigenvalue weighted by atomic mass is 10.1. The molecule has 3 atom stereocenters. The number of hydrogen-bond donors (Lipinski definition) is 2. The average molecular weight is 693 g/mol. The van der Waals surface area contributed by atoms with Crippen LogP contribution >= 0.6 is 0 Å². The summed E-state index contributed by atoms with van der Waals surface area (Å²) in [7, 11) is -3.45. The van der Waals surface area contributed by atoms with Crippen LogP contribution in [0.15, 0.2) is 77.7 Å². The van der Waals surface area contributed by atoms with Crippen LogP contribution in [-0.4, -0.2) is 69.6 Å². The van der Waals surface area contributed by atoms with Gasteiger partial charge in [-0.15, -0.1) is 0 Å². The molecule has 1 aliphatic heterocycles. The maximum absolute atomic E-state index is 13.6. The number of alkyl halides is 7. The lowest BCUT2D eigenvalue weighted by Crippen LogP contribution is -2.39. The first-order valence-corrected chi connectivity index (χ1v) is 15.9. The summed E-state index contributed by atoms with van der Waals surface area (Å²) in [4.78, 5) is 14.6. The fraction of sp³-hybridized carbons (Fsp3) is 0.387. The summed E-state index contributed by atoms with van der Waals surface area (Å²) in [5.74, 6) is -0.611. The lowest BCUT2D eigenvalue weighted by Gasteiger charge is -2.28. The van der Waals surface area contributed by atoms with Crippen LogP contribution in [0.1, 0.15) is 40.9 Å². The lowest BCUT2D eigenvalue weighted by molar-refractivity contribution is -0.301. The average Bonchev–Trinajstić information content (AvgIpc) is 3.44. The Bertz CT molecular complexity index is 1600. The van der Waals surface area contributed by atoms with E-state index in [0.29, 0.717) is 11.3 Å². The van der Waals surface area contributed by atoms with E-state index >= 15 is 0 Å². The van der Waals surface area contributed by atoms with Crippen LogP contribution in [0.25, 0.3) is 0 Å². The molecule has 0 saturated carbocycles. The number of halogens is 7. The van der Waals surface area contributed by atoms with E-state index in [1.165, 1.54) is 55.5 Å². The van der Waals surface area contributed by atoms with Crippen molar-refractivity contribution in [3.63, 3.8) is 0 Å². The van der Waals surface area contributed by atoms with Gasteiger partial charge in [0.15, 0.2) is 9.84 Å². The predicted octanol–water partition coefficient (Wildman–Crippen LogP) is 5.86. The largest absolute Gasteiger partial charge is 0.489 e. The normalized spacial score (nSPS) is 18.0. The van der Waals surface area contributed by atoms with Gasteiger partial charge in [0.25, 0.3) is 5.91 Å².